The van der Waals surface area contributed by atoms with Crippen LogP contribution in [0, 0.1) is 0 Å². The summed E-state index contributed by atoms with van der Waals surface area (Å²) in [5.74, 6) is 6.37. The molecule has 0 aliphatic heterocycles. The number of hydrogen-bond acceptors (Lipinski definition) is 3. The molecule has 0 bridgehead atoms. The first kappa shape index (κ1) is 14.9. The molecular weight excluding hydrogens is 375 g/mol. The highest BCUT2D eigenvalue weighted by atomic mass is 79.9. The average Bonchev–Trinajstić information content (AvgIpc) is 2.84. The standard InChI is InChI=1S/C15H11BrCl2N2O/c16-9-1-3-11(12(18)7-9)15(20-19)14-6-8-5-10(17)2-4-13(8)21-14/h1-7,15,20H,19H2. The largest absolute Gasteiger partial charge is 0.459 e. The quantitative estimate of drug-likeness (QED) is 0.489. The van der Waals surface area contributed by atoms with Gasteiger partial charge in [-0.15, -0.1) is 0 Å². The lowest BCUT2D eigenvalue weighted by Gasteiger charge is -2.15. The maximum atomic E-state index is 6.29. The van der Waals surface area contributed by atoms with E-state index < -0.39 is 0 Å². The third-order valence-corrected chi connectivity index (χ3v) is 4.28. The van der Waals surface area contributed by atoms with Gasteiger partial charge in [0, 0.05) is 19.9 Å². The molecule has 0 saturated heterocycles. The topological polar surface area (TPSA) is 51.2 Å². The number of furan rings is 1. The van der Waals surface area contributed by atoms with Crippen molar-refractivity contribution in [2.75, 3.05) is 0 Å². The van der Waals surface area contributed by atoms with Crippen LogP contribution >= 0.6 is 39.1 Å². The third kappa shape index (κ3) is 2.96. The molecule has 0 radical (unpaired) electrons. The maximum Gasteiger partial charge on any atom is 0.134 e. The smallest absolute Gasteiger partial charge is 0.134 e. The van der Waals surface area contributed by atoms with Gasteiger partial charge in [0.15, 0.2) is 0 Å². The molecule has 1 aromatic heterocycles. The van der Waals surface area contributed by atoms with E-state index in [9.17, 15) is 0 Å². The van der Waals surface area contributed by atoms with Gasteiger partial charge in [-0.05, 0) is 42.0 Å². The minimum atomic E-state index is -0.336. The van der Waals surface area contributed by atoms with E-state index in [1.807, 2.05) is 36.4 Å². The number of halogens is 3. The summed E-state index contributed by atoms with van der Waals surface area (Å²) in [6.45, 7) is 0. The summed E-state index contributed by atoms with van der Waals surface area (Å²) >= 11 is 15.7. The van der Waals surface area contributed by atoms with E-state index >= 15 is 0 Å². The highest BCUT2D eigenvalue weighted by molar-refractivity contribution is 9.10. The van der Waals surface area contributed by atoms with Crippen LogP contribution in [0.25, 0.3) is 11.0 Å². The molecule has 21 heavy (non-hydrogen) atoms. The van der Waals surface area contributed by atoms with Gasteiger partial charge in [0.1, 0.15) is 17.4 Å². The van der Waals surface area contributed by atoms with Crippen molar-refractivity contribution in [3.63, 3.8) is 0 Å². The Morgan fingerprint density at radius 2 is 1.90 bits per heavy atom. The molecule has 2 aromatic carbocycles. The van der Waals surface area contributed by atoms with Gasteiger partial charge in [0.2, 0.25) is 0 Å². The number of fused-ring (bicyclic) bond motifs is 1. The van der Waals surface area contributed by atoms with Gasteiger partial charge in [-0.25, -0.2) is 5.43 Å². The van der Waals surface area contributed by atoms with Crippen LogP contribution in [-0.2, 0) is 0 Å². The number of nitrogens with two attached hydrogens (primary N) is 1. The molecule has 0 aliphatic carbocycles. The Bertz CT molecular complexity index is 803. The van der Waals surface area contributed by atoms with Gasteiger partial charge in [0.25, 0.3) is 0 Å². The minimum Gasteiger partial charge on any atom is -0.459 e. The van der Waals surface area contributed by atoms with Crippen LogP contribution < -0.4 is 11.3 Å². The summed E-state index contributed by atoms with van der Waals surface area (Å²) in [5.41, 5.74) is 4.34. The van der Waals surface area contributed by atoms with Crippen molar-refractivity contribution in [1.82, 2.24) is 5.43 Å². The lowest BCUT2D eigenvalue weighted by Crippen LogP contribution is -2.28. The number of benzene rings is 2. The minimum absolute atomic E-state index is 0.336. The van der Waals surface area contributed by atoms with Crippen LogP contribution in [0.15, 0.2) is 51.4 Å². The fourth-order valence-electron chi connectivity index (χ4n) is 2.24. The Balaban J connectivity index is 2.09. The van der Waals surface area contributed by atoms with Crippen molar-refractivity contribution in [2.24, 2.45) is 5.84 Å². The molecule has 0 aliphatic rings. The first-order valence-corrected chi connectivity index (χ1v) is 7.73. The highest BCUT2D eigenvalue weighted by Crippen LogP contribution is 2.33. The molecule has 0 fully saturated rings. The average molecular weight is 386 g/mol. The van der Waals surface area contributed by atoms with E-state index in [1.165, 1.54) is 0 Å². The molecular formula is C15H11BrCl2N2O. The number of hydrogen-bond donors (Lipinski definition) is 2. The van der Waals surface area contributed by atoms with Crippen LogP contribution in [0.1, 0.15) is 17.4 Å². The van der Waals surface area contributed by atoms with E-state index in [0.29, 0.717) is 15.8 Å². The van der Waals surface area contributed by atoms with Crippen LogP contribution in [0.2, 0.25) is 10.0 Å². The zero-order chi connectivity index (χ0) is 15.0. The molecule has 0 saturated carbocycles. The van der Waals surface area contributed by atoms with Gasteiger partial charge in [-0.1, -0.05) is 45.2 Å². The predicted molar refractivity (Wildman–Crippen MR) is 89.5 cm³/mol. The summed E-state index contributed by atoms with van der Waals surface area (Å²) < 4.78 is 6.75. The third-order valence-electron chi connectivity index (χ3n) is 3.22. The molecule has 6 heteroatoms. The fourth-order valence-corrected chi connectivity index (χ4v) is 3.20. The summed E-state index contributed by atoms with van der Waals surface area (Å²) in [6, 6.07) is 12.7. The Morgan fingerprint density at radius 1 is 1.10 bits per heavy atom. The number of rotatable bonds is 3. The Kier molecular flexibility index (Phi) is 4.24. The first-order chi connectivity index (χ1) is 10.1. The van der Waals surface area contributed by atoms with Crippen molar-refractivity contribution in [3.8, 4) is 0 Å². The van der Waals surface area contributed by atoms with E-state index in [0.717, 1.165) is 21.0 Å². The lowest BCUT2D eigenvalue weighted by molar-refractivity contribution is 0.477. The van der Waals surface area contributed by atoms with Crippen LogP contribution in [0.4, 0.5) is 0 Å². The predicted octanol–water partition coefficient (Wildman–Crippen LogP) is 5.05. The monoisotopic (exact) mass is 384 g/mol. The van der Waals surface area contributed by atoms with Gasteiger partial charge in [-0.3, -0.25) is 5.84 Å². The molecule has 3 aromatic rings. The van der Waals surface area contributed by atoms with Crippen molar-refractivity contribution in [1.29, 1.82) is 0 Å². The van der Waals surface area contributed by atoms with Crippen LogP contribution in [0.3, 0.4) is 0 Å². The number of nitrogens with one attached hydrogen (secondary N) is 1. The Morgan fingerprint density at radius 3 is 2.62 bits per heavy atom. The summed E-state index contributed by atoms with van der Waals surface area (Å²) in [4.78, 5) is 0. The molecule has 0 amide bonds. The maximum absolute atomic E-state index is 6.29. The van der Waals surface area contributed by atoms with Gasteiger partial charge in [-0.2, -0.15) is 0 Å². The van der Waals surface area contributed by atoms with Gasteiger partial charge >= 0.3 is 0 Å². The molecule has 0 spiro atoms. The van der Waals surface area contributed by atoms with Crippen molar-refractivity contribution < 1.29 is 4.42 Å². The van der Waals surface area contributed by atoms with E-state index in [4.69, 9.17) is 33.5 Å². The number of hydrazine groups is 1. The van der Waals surface area contributed by atoms with E-state index in [2.05, 4.69) is 21.4 Å². The van der Waals surface area contributed by atoms with Gasteiger partial charge < -0.3 is 4.42 Å². The summed E-state index contributed by atoms with van der Waals surface area (Å²) in [5, 5.41) is 2.19. The van der Waals surface area contributed by atoms with Crippen molar-refractivity contribution >= 4 is 50.1 Å². The normalized spacial score (nSPS) is 12.8. The van der Waals surface area contributed by atoms with Crippen molar-refractivity contribution in [3.05, 3.63) is 68.3 Å². The Labute approximate surface area is 140 Å². The first-order valence-electron chi connectivity index (χ1n) is 6.18. The van der Waals surface area contributed by atoms with Gasteiger partial charge in [0.05, 0.1) is 0 Å². The second-order valence-corrected chi connectivity index (χ2v) is 6.36. The zero-order valence-corrected chi connectivity index (χ0v) is 13.8. The molecule has 3 rings (SSSR count). The van der Waals surface area contributed by atoms with E-state index in [1.54, 1.807) is 6.07 Å². The van der Waals surface area contributed by atoms with Crippen LogP contribution in [0.5, 0.6) is 0 Å². The van der Waals surface area contributed by atoms with E-state index in [-0.39, 0.29) is 6.04 Å². The summed E-state index contributed by atoms with van der Waals surface area (Å²) in [7, 11) is 0. The molecule has 108 valence electrons. The molecule has 1 unspecified atom stereocenters. The fraction of sp³-hybridized carbons (Fsp3) is 0.0667. The molecule has 3 N–H and O–H groups in total. The molecule has 3 nitrogen and oxygen atoms in total. The van der Waals surface area contributed by atoms with Crippen molar-refractivity contribution in [2.45, 2.75) is 6.04 Å². The second-order valence-electron chi connectivity index (χ2n) is 4.60. The lowest BCUT2D eigenvalue weighted by atomic mass is 10.0. The second kappa shape index (κ2) is 5.99. The molecule has 1 atom stereocenters. The SMILES string of the molecule is NNC(c1cc2cc(Cl)ccc2o1)c1ccc(Br)cc1Cl. The van der Waals surface area contributed by atoms with Crippen LogP contribution in [-0.4, -0.2) is 0 Å². The molecule has 1 heterocycles. The highest BCUT2D eigenvalue weighted by Gasteiger charge is 2.20. The Hall–Kier alpha value is -1.04. The zero-order valence-electron chi connectivity index (χ0n) is 10.7. The summed E-state index contributed by atoms with van der Waals surface area (Å²) in [6.07, 6.45) is 0.